The topological polar surface area (TPSA) is 20.2 Å². The summed E-state index contributed by atoms with van der Waals surface area (Å²) in [7, 11) is 0. The summed E-state index contributed by atoms with van der Waals surface area (Å²) >= 11 is 3.32. The van der Waals surface area contributed by atoms with Crippen molar-refractivity contribution in [3.8, 4) is 0 Å². The van der Waals surface area contributed by atoms with E-state index in [1.54, 1.807) is 0 Å². The molecule has 0 aliphatic heterocycles. The van der Waals surface area contributed by atoms with Crippen molar-refractivity contribution in [3.05, 3.63) is 8.61 Å². The van der Waals surface area contributed by atoms with Gasteiger partial charge >= 0.3 is 81.4 Å². The van der Waals surface area contributed by atoms with Crippen molar-refractivity contribution in [1.82, 2.24) is 0 Å². The number of rotatable bonds is 5. The van der Waals surface area contributed by atoms with Crippen LogP contribution in [-0.4, -0.2) is 32.6 Å². The van der Waals surface area contributed by atoms with Crippen molar-refractivity contribution in [2.75, 3.05) is 6.61 Å². The van der Waals surface area contributed by atoms with E-state index in [1.165, 1.54) is 17.3 Å². The molecule has 0 aliphatic carbocycles. The van der Waals surface area contributed by atoms with Crippen molar-refractivity contribution in [3.63, 3.8) is 0 Å². The van der Waals surface area contributed by atoms with Crippen molar-refractivity contribution in [2.24, 2.45) is 0 Å². The molecule has 0 aromatic rings. The third-order valence-electron chi connectivity index (χ3n) is 0.978. The van der Waals surface area contributed by atoms with Crippen molar-refractivity contribution in [2.45, 2.75) is 24.2 Å². The molecule has 3 heteroatoms. The standard InChI is InChI=1S/C7H13BrOTe/c1-2-3-4-10-6-7(8)5-9/h6,9H,2-5H2,1H3/b7-6+. The number of unbranched alkanes of at least 4 members (excludes halogenated alkanes) is 1. The SMILES string of the molecule is CCCC[Te]/C=C(/Br)CO. The first kappa shape index (κ1) is 11.0. The van der Waals surface area contributed by atoms with Gasteiger partial charge in [0.25, 0.3) is 0 Å². The Bertz CT molecular complexity index is 104. The van der Waals surface area contributed by atoms with E-state index in [1.807, 2.05) is 0 Å². The molecule has 0 heterocycles. The second kappa shape index (κ2) is 8.07. The second-order valence-electron chi connectivity index (χ2n) is 1.95. The van der Waals surface area contributed by atoms with Gasteiger partial charge in [-0.25, -0.2) is 0 Å². The molecular formula is C7H13BrOTe. The van der Waals surface area contributed by atoms with Gasteiger partial charge in [-0.3, -0.25) is 0 Å². The Hall–Kier alpha value is 0.970. The van der Waals surface area contributed by atoms with Crippen LogP contribution in [0, 0.1) is 0 Å². The summed E-state index contributed by atoms with van der Waals surface area (Å²) in [5.74, 6) is 0. The fourth-order valence-electron chi connectivity index (χ4n) is 0.414. The van der Waals surface area contributed by atoms with Gasteiger partial charge in [-0.15, -0.1) is 0 Å². The van der Waals surface area contributed by atoms with Crippen molar-refractivity contribution < 1.29 is 5.11 Å². The molecule has 0 fully saturated rings. The first-order chi connectivity index (χ1) is 4.81. The Morgan fingerprint density at radius 2 is 2.40 bits per heavy atom. The summed E-state index contributed by atoms with van der Waals surface area (Å²) in [4.78, 5) is 0. The van der Waals surface area contributed by atoms with Gasteiger partial charge in [0.2, 0.25) is 0 Å². The van der Waals surface area contributed by atoms with Gasteiger partial charge in [0.05, 0.1) is 0 Å². The Morgan fingerprint density at radius 1 is 1.70 bits per heavy atom. The zero-order valence-electron chi connectivity index (χ0n) is 6.14. The second-order valence-corrected chi connectivity index (χ2v) is 5.76. The summed E-state index contributed by atoms with van der Waals surface area (Å²) in [6.07, 6.45) is 2.62. The van der Waals surface area contributed by atoms with E-state index in [9.17, 15) is 0 Å². The molecule has 0 aromatic carbocycles. The molecule has 0 aromatic heterocycles. The van der Waals surface area contributed by atoms with Gasteiger partial charge in [-0.1, -0.05) is 0 Å². The molecule has 0 unspecified atom stereocenters. The van der Waals surface area contributed by atoms with E-state index in [4.69, 9.17) is 5.11 Å². The molecule has 10 heavy (non-hydrogen) atoms. The molecular weight excluding hydrogens is 308 g/mol. The third kappa shape index (κ3) is 7.08. The van der Waals surface area contributed by atoms with Crippen LogP contribution in [0.2, 0.25) is 4.47 Å². The van der Waals surface area contributed by atoms with Crippen LogP contribution in [0.5, 0.6) is 0 Å². The molecule has 60 valence electrons. The Balaban J connectivity index is 3.16. The van der Waals surface area contributed by atoms with E-state index < -0.39 is 0 Å². The summed E-state index contributed by atoms with van der Waals surface area (Å²) < 4.78 is 4.49. The van der Waals surface area contributed by atoms with Crippen LogP contribution in [-0.2, 0) is 0 Å². The van der Waals surface area contributed by atoms with Crippen molar-refractivity contribution in [1.29, 1.82) is 0 Å². The number of aliphatic hydroxyl groups is 1. The predicted molar refractivity (Wildman–Crippen MR) is 49.6 cm³/mol. The van der Waals surface area contributed by atoms with Gasteiger partial charge in [-0.05, 0) is 0 Å². The van der Waals surface area contributed by atoms with Crippen LogP contribution in [0.4, 0.5) is 0 Å². The van der Waals surface area contributed by atoms with Gasteiger partial charge < -0.3 is 0 Å². The van der Waals surface area contributed by atoms with Crippen LogP contribution in [0.3, 0.4) is 0 Å². The van der Waals surface area contributed by atoms with Crippen LogP contribution < -0.4 is 0 Å². The Morgan fingerprint density at radius 3 is 2.90 bits per heavy atom. The van der Waals surface area contributed by atoms with E-state index in [0.717, 1.165) is 4.48 Å². The zero-order chi connectivity index (χ0) is 7.82. The molecule has 0 aliphatic rings. The first-order valence-corrected chi connectivity index (χ1v) is 7.17. The quantitative estimate of drug-likeness (QED) is 0.608. The third-order valence-corrected chi connectivity index (χ3v) is 5.18. The number of aliphatic hydroxyl groups excluding tert-OH is 1. The number of halogens is 1. The maximum atomic E-state index is 8.60. The van der Waals surface area contributed by atoms with E-state index in [0.29, 0.717) is 0 Å². The summed E-state index contributed by atoms with van der Waals surface area (Å²) in [5, 5.41) is 8.60. The molecule has 0 atom stereocenters. The molecule has 0 bridgehead atoms. The fourth-order valence-corrected chi connectivity index (χ4v) is 3.67. The van der Waals surface area contributed by atoms with Crippen molar-refractivity contribution >= 4 is 36.9 Å². The summed E-state index contributed by atoms with van der Waals surface area (Å²) in [5.41, 5.74) is 0. The number of hydrogen-bond acceptors (Lipinski definition) is 1. The molecule has 0 rings (SSSR count). The Kier molecular flexibility index (Phi) is 8.85. The molecule has 0 saturated carbocycles. The van der Waals surface area contributed by atoms with Gasteiger partial charge in [-0.2, -0.15) is 0 Å². The number of hydrogen-bond donors (Lipinski definition) is 1. The molecule has 0 spiro atoms. The molecule has 1 N–H and O–H groups in total. The molecule has 0 saturated heterocycles. The van der Waals surface area contributed by atoms with E-state index in [2.05, 4.69) is 27.0 Å². The zero-order valence-corrected chi connectivity index (χ0v) is 10.1. The average Bonchev–Trinajstić information content (AvgIpc) is 1.98. The summed E-state index contributed by atoms with van der Waals surface area (Å²) in [6, 6.07) is 0. The van der Waals surface area contributed by atoms with Gasteiger partial charge in [0.15, 0.2) is 0 Å². The molecule has 0 amide bonds. The fraction of sp³-hybridized carbons (Fsp3) is 0.714. The van der Waals surface area contributed by atoms with Gasteiger partial charge in [0, 0.05) is 0 Å². The monoisotopic (exact) mass is 322 g/mol. The van der Waals surface area contributed by atoms with Crippen LogP contribution >= 0.6 is 15.9 Å². The van der Waals surface area contributed by atoms with Crippen LogP contribution in [0.25, 0.3) is 0 Å². The first-order valence-electron chi connectivity index (χ1n) is 3.38. The van der Waals surface area contributed by atoms with Crippen LogP contribution in [0.1, 0.15) is 19.8 Å². The van der Waals surface area contributed by atoms with E-state index >= 15 is 0 Å². The minimum atomic E-state index is 0.0437. The van der Waals surface area contributed by atoms with Crippen LogP contribution in [0.15, 0.2) is 8.61 Å². The average molecular weight is 321 g/mol. The maximum absolute atomic E-state index is 8.60. The normalized spacial score (nSPS) is 12.1. The minimum absolute atomic E-state index is 0.0437. The predicted octanol–water partition coefficient (Wildman–Crippen LogP) is 2.14. The molecule has 0 radical (unpaired) electrons. The van der Waals surface area contributed by atoms with Gasteiger partial charge in [0.1, 0.15) is 0 Å². The Labute approximate surface area is 81.1 Å². The molecule has 1 nitrogen and oxygen atoms in total. The summed E-state index contributed by atoms with van der Waals surface area (Å²) in [6.45, 7) is 2.37. The van der Waals surface area contributed by atoms with E-state index in [-0.39, 0.29) is 27.5 Å².